The topological polar surface area (TPSA) is 49.5 Å². The van der Waals surface area contributed by atoms with Gasteiger partial charge in [0.05, 0.1) is 6.61 Å². The Bertz CT molecular complexity index is 235. The first-order chi connectivity index (χ1) is 7.67. The van der Waals surface area contributed by atoms with Crippen molar-refractivity contribution in [3.05, 3.63) is 0 Å². The van der Waals surface area contributed by atoms with Gasteiger partial charge in [-0.3, -0.25) is 4.90 Å². The zero-order chi connectivity index (χ0) is 13.3. The summed E-state index contributed by atoms with van der Waals surface area (Å²) in [7, 11) is 0. The molecule has 1 aliphatic heterocycles. The van der Waals surface area contributed by atoms with E-state index in [9.17, 15) is 5.11 Å². The van der Waals surface area contributed by atoms with Gasteiger partial charge in [-0.15, -0.1) is 0 Å². The number of nitrogens with zero attached hydrogens (tertiary/aromatic N) is 1. The minimum Gasteiger partial charge on any atom is -0.395 e. The van der Waals surface area contributed by atoms with Crippen molar-refractivity contribution in [2.45, 2.75) is 59.5 Å². The van der Waals surface area contributed by atoms with Crippen molar-refractivity contribution in [1.29, 1.82) is 0 Å². The Kier molecular flexibility index (Phi) is 4.61. The van der Waals surface area contributed by atoms with Gasteiger partial charge < -0.3 is 10.8 Å². The molecule has 1 rings (SSSR count). The van der Waals surface area contributed by atoms with Crippen LogP contribution in [0.15, 0.2) is 0 Å². The molecule has 17 heavy (non-hydrogen) atoms. The fourth-order valence-electron chi connectivity index (χ4n) is 2.49. The number of aliphatic hydroxyl groups is 1. The molecule has 0 saturated carbocycles. The maximum absolute atomic E-state index is 9.62. The van der Waals surface area contributed by atoms with E-state index in [1.165, 1.54) is 12.8 Å². The molecule has 3 N–H and O–H groups in total. The van der Waals surface area contributed by atoms with Crippen molar-refractivity contribution in [3.63, 3.8) is 0 Å². The first-order valence-corrected chi connectivity index (χ1v) is 6.78. The van der Waals surface area contributed by atoms with Crippen LogP contribution in [-0.2, 0) is 0 Å². The van der Waals surface area contributed by atoms with Crippen LogP contribution in [0.5, 0.6) is 0 Å². The monoisotopic (exact) mass is 242 g/mol. The van der Waals surface area contributed by atoms with E-state index in [-0.39, 0.29) is 24.1 Å². The molecule has 1 heterocycles. The molecule has 1 aliphatic rings. The first kappa shape index (κ1) is 14.9. The minimum absolute atomic E-state index is 0.0220. The van der Waals surface area contributed by atoms with E-state index < -0.39 is 0 Å². The second kappa shape index (κ2) is 5.25. The number of nitrogens with two attached hydrogens (primary N) is 1. The zero-order valence-corrected chi connectivity index (χ0v) is 12.2. The van der Waals surface area contributed by atoms with Gasteiger partial charge in [0, 0.05) is 12.1 Å². The molecule has 0 aromatic rings. The van der Waals surface area contributed by atoms with E-state index in [0.717, 1.165) is 13.1 Å². The van der Waals surface area contributed by atoms with E-state index in [4.69, 9.17) is 5.73 Å². The number of likely N-dealkylation sites (tertiary alicyclic amines) is 1. The van der Waals surface area contributed by atoms with E-state index in [0.29, 0.717) is 5.41 Å². The van der Waals surface area contributed by atoms with Crippen LogP contribution in [-0.4, -0.2) is 41.8 Å². The zero-order valence-electron chi connectivity index (χ0n) is 12.2. The van der Waals surface area contributed by atoms with Crippen LogP contribution >= 0.6 is 0 Å². The van der Waals surface area contributed by atoms with E-state index in [1.807, 2.05) is 0 Å². The molecule has 0 aromatic carbocycles. The summed E-state index contributed by atoms with van der Waals surface area (Å²) in [5.74, 6) is 0. The molecule has 0 bridgehead atoms. The molecule has 0 spiro atoms. The van der Waals surface area contributed by atoms with Gasteiger partial charge in [0.1, 0.15) is 0 Å². The van der Waals surface area contributed by atoms with Gasteiger partial charge in [-0.25, -0.2) is 0 Å². The Hall–Kier alpha value is -0.120. The fourth-order valence-corrected chi connectivity index (χ4v) is 2.49. The lowest BCUT2D eigenvalue weighted by atomic mass is 9.79. The van der Waals surface area contributed by atoms with Gasteiger partial charge >= 0.3 is 0 Å². The normalized spacial score (nSPS) is 25.6. The van der Waals surface area contributed by atoms with Crippen LogP contribution in [0.1, 0.15) is 47.5 Å². The third-order valence-corrected chi connectivity index (χ3v) is 4.22. The quantitative estimate of drug-likeness (QED) is 0.794. The van der Waals surface area contributed by atoms with Gasteiger partial charge in [-0.2, -0.15) is 0 Å². The molecule has 0 aromatic heterocycles. The lowest BCUT2D eigenvalue weighted by Gasteiger charge is -2.45. The van der Waals surface area contributed by atoms with Crippen molar-refractivity contribution >= 4 is 0 Å². The summed E-state index contributed by atoms with van der Waals surface area (Å²) in [6, 6.07) is 0.125. The number of piperidine rings is 1. The highest BCUT2D eigenvalue weighted by Gasteiger charge is 2.35. The van der Waals surface area contributed by atoms with E-state index >= 15 is 0 Å². The molecule has 3 heteroatoms. The predicted octanol–water partition coefficient (Wildman–Crippen LogP) is 1.84. The van der Waals surface area contributed by atoms with Gasteiger partial charge in [-0.05, 0) is 36.8 Å². The molecule has 1 fully saturated rings. The minimum atomic E-state index is 0.0220. The summed E-state index contributed by atoms with van der Waals surface area (Å²) in [6.07, 6.45) is 2.39. The molecule has 0 amide bonds. The molecular weight excluding hydrogens is 212 g/mol. The second-order valence-corrected chi connectivity index (χ2v) is 7.34. The average Bonchev–Trinajstić information content (AvgIpc) is 2.19. The van der Waals surface area contributed by atoms with E-state index in [1.54, 1.807) is 0 Å². The molecular formula is C14H30N2O. The number of rotatable bonds is 3. The smallest absolute Gasteiger partial charge is 0.0602 e. The van der Waals surface area contributed by atoms with Crippen LogP contribution < -0.4 is 5.73 Å². The maximum atomic E-state index is 9.62. The third kappa shape index (κ3) is 3.94. The Morgan fingerprint density at radius 2 is 1.71 bits per heavy atom. The molecule has 1 saturated heterocycles. The average molecular weight is 242 g/mol. The van der Waals surface area contributed by atoms with Gasteiger partial charge in [0.15, 0.2) is 0 Å². The number of aliphatic hydroxyl groups excluding tert-OH is 1. The van der Waals surface area contributed by atoms with E-state index in [2.05, 4.69) is 39.5 Å². The highest BCUT2D eigenvalue weighted by Crippen LogP contribution is 2.32. The van der Waals surface area contributed by atoms with Crippen molar-refractivity contribution in [2.24, 2.45) is 16.6 Å². The summed E-state index contributed by atoms with van der Waals surface area (Å²) < 4.78 is 0. The molecule has 2 atom stereocenters. The van der Waals surface area contributed by atoms with Crippen LogP contribution in [0, 0.1) is 10.8 Å². The van der Waals surface area contributed by atoms with Crippen molar-refractivity contribution in [1.82, 2.24) is 4.90 Å². The van der Waals surface area contributed by atoms with Crippen LogP contribution in [0.2, 0.25) is 0 Å². The van der Waals surface area contributed by atoms with Crippen molar-refractivity contribution < 1.29 is 5.11 Å². The van der Waals surface area contributed by atoms with Crippen molar-refractivity contribution in [2.75, 3.05) is 19.7 Å². The predicted molar refractivity (Wildman–Crippen MR) is 72.9 cm³/mol. The molecule has 0 radical (unpaired) electrons. The maximum Gasteiger partial charge on any atom is 0.0602 e. The highest BCUT2D eigenvalue weighted by molar-refractivity contribution is 4.92. The number of hydrogen-bond acceptors (Lipinski definition) is 3. The largest absolute Gasteiger partial charge is 0.395 e. The Morgan fingerprint density at radius 3 is 2.06 bits per heavy atom. The summed E-state index contributed by atoms with van der Waals surface area (Å²) in [5.41, 5.74) is 6.79. The van der Waals surface area contributed by atoms with Crippen LogP contribution in [0.3, 0.4) is 0 Å². The molecule has 0 aliphatic carbocycles. The van der Waals surface area contributed by atoms with Crippen molar-refractivity contribution in [3.8, 4) is 0 Å². The second-order valence-electron chi connectivity index (χ2n) is 7.34. The lowest BCUT2D eigenvalue weighted by Crippen LogP contribution is -2.57. The van der Waals surface area contributed by atoms with Gasteiger partial charge in [0.2, 0.25) is 0 Å². The highest BCUT2D eigenvalue weighted by atomic mass is 16.3. The summed E-state index contributed by atoms with van der Waals surface area (Å²) in [6.45, 7) is 13.4. The Labute approximate surface area is 106 Å². The SMILES string of the molecule is CC1(C)CCN(C(CO)C(N)C(C)(C)C)CC1. The fraction of sp³-hybridized carbons (Fsp3) is 1.00. The van der Waals surface area contributed by atoms with Crippen LogP contribution in [0.25, 0.3) is 0 Å². The number of hydrogen-bond donors (Lipinski definition) is 2. The standard InChI is InChI=1S/C14H30N2O/c1-13(2,3)12(15)11(10-17)16-8-6-14(4,5)7-9-16/h11-12,17H,6-10,15H2,1-5H3. The first-order valence-electron chi connectivity index (χ1n) is 6.78. The summed E-state index contributed by atoms with van der Waals surface area (Å²) in [4.78, 5) is 2.38. The van der Waals surface area contributed by atoms with Crippen LogP contribution in [0.4, 0.5) is 0 Å². The van der Waals surface area contributed by atoms with Gasteiger partial charge in [-0.1, -0.05) is 34.6 Å². The third-order valence-electron chi connectivity index (χ3n) is 4.22. The molecule has 2 unspecified atom stereocenters. The lowest BCUT2D eigenvalue weighted by molar-refractivity contribution is 0.0298. The molecule has 102 valence electrons. The Balaban J connectivity index is 2.64. The Morgan fingerprint density at radius 1 is 1.24 bits per heavy atom. The summed E-state index contributed by atoms with van der Waals surface area (Å²) in [5, 5.41) is 9.62. The van der Waals surface area contributed by atoms with Gasteiger partial charge in [0.25, 0.3) is 0 Å². The molecule has 3 nitrogen and oxygen atoms in total. The summed E-state index contributed by atoms with van der Waals surface area (Å²) >= 11 is 0.